The molecule has 1 aromatic rings. The molecule has 1 aliphatic carbocycles. The molecule has 2 unspecified atom stereocenters. The van der Waals surface area contributed by atoms with E-state index < -0.39 is 11.9 Å². The lowest BCUT2D eigenvalue weighted by molar-refractivity contribution is -0.141. The number of hydrogen-bond donors (Lipinski definition) is 2. The van der Waals surface area contributed by atoms with Gasteiger partial charge < -0.3 is 11.1 Å². The predicted molar refractivity (Wildman–Crippen MR) is 54.8 cm³/mol. The smallest absolute Gasteiger partial charge is 0.396 e. The van der Waals surface area contributed by atoms with Crippen LogP contribution < -0.4 is 11.1 Å². The summed E-state index contributed by atoms with van der Waals surface area (Å²) in [6.07, 6.45) is -2.43. The van der Waals surface area contributed by atoms with E-state index in [4.69, 9.17) is 5.73 Å². The minimum Gasteiger partial charge on any atom is -0.396 e. The van der Waals surface area contributed by atoms with Gasteiger partial charge in [-0.1, -0.05) is 6.92 Å². The fourth-order valence-corrected chi connectivity index (χ4v) is 1.47. The second kappa shape index (κ2) is 3.54. The van der Waals surface area contributed by atoms with Crippen molar-refractivity contribution in [3.63, 3.8) is 0 Å². The Morgan fingerprint density at radius 2 is 2.12 bits per heavy atom. The fourth-order valence-electron chi connectivity index (χ4n) is 1.47. The van der Waals surface area contributed by atoms with Crippen molar-refractivity contribution in [2.75, 3.05) is 11.1 Å². The second-order valence-electron chi connectivity index (χ2n) is 4.12. The van der Waals surface area contributed by atoms with Crippen LogP contribution in [0.2, 0.25) is 0 Å². The van der Waals surface area contributed by atoms with Gasteiger partial charge in [0.1, 0.15) is 5.69 Å². The van der Waals surface area contributed by atoms with Crippen LogP contribution in [0.1, 0.15) is 19.0 Å². The van der Waals surface area contributed by atoms with Crippen LogP contribution in [0.5, 0.6) is 0 Å². The van der Waals surface area contributed by atoms with Gasteiger partial charge in [0.2, 0.25) is 0 Å². The zero-order valence-corrected chi connectivity index (χ0v) is 8.67. The van der Waals surface area contributed by atoms with Gasteiger partial charge >= 0.3 is 6.18 Å². The number of nitrogens with zero attached hydrogens (tertiary/aromatic N) is 1. The van der Waals surface area contributed by atoms with Crippen molar-refractivity contribution in [2.45, 2.75) is 25.6 Å². The number of hydrogen-bond acceptors (Lipinski definition) is 3. The largest absolute Gasteiger partial charge is 0.433 e. The summed E-state index contributed by atoms with van der Waals surface area (Å²) in [4.78, 5) is 3.27. The molecule has 2 rings (SSSR count). The number of nitrogens with one attached hydrogen (secondary N) is 1. The molecule has 0 spiro atoms. The first-order chi connectivity index (χ1) is 7.38. The standard InChI is InChI=1S/C10H12F3N3/c1-5-2-7(5)16-8-3-9(10(11,12)13)15-4-6(8)14/h3-5,7H,2,14H2,1H3,(H,15,16). The summed E-state index contributed by atoms with van der Waals surface area (Å²) in [5, 5.41) is 2.98. The summed E-state index contributed by atoms with van der Waals surface area (Å²) in [6.45, 7) is 2.03. The Kier molecular flexibility index (Phi) is 2.44. The summed E-state index contributed by atoms with van der Waals surface area (Å²) in [5.41, 5.74) is 5.20. The summed E-state index contributed by atoms with van der Waals surface area (Å²) in [5.74, 6) is 0.488. The summed E-state index contributed by atoms with van der Waals surface area (Å²) in [7, 11) is 0. The zero-order valence-electron chi connectivity index (χ0n) is 8.67. The lowest BCUT2D eigenvalue weighted by Gasteiger charge is -2.11. The molecule has 16 heavy (non-hydrogen) atoms. The molecule has 6 heteroatoms. The van der Waals surface area contributed by atoms with Gasteiger partial charge in [0.25, 0.3) is 0 Å². The molecular formula is C10H12F3N3. The first-order valence-electron chi connectivity index (χ1n) is 4.97. The van der Waals surface area contributed by atoms with E-state index in [1.165, 1.54) is 0 Å². The molecule has 3 nitrogen and oxygen atoms in total. The topological polar surface area (TPSA) is 50.9 Å². The molecule has 1 aromatic heterocycles. The van der Waals surface area contributed by atoms with Crippen LogP contribution in [0.25, 0.3) is 0 Å². The quantitative estimate of drug-likeness (QED) is 0.822. The van der Waals surface area contributed by atoms with Crippen molar-refractivity contribution >= 4 is 11.4 Å². The first-order valence-corrected chi connectivity index (χ1v) is 4.97. The van der Waals surface area contributed by atoms with Crippen molar-refractivity contribution in [3.8, 4) is 0 Å². The molecule has 0 saturated heterocycles. The molecule has 1 saturated carbocycles. The molecule has 1 aliphatic rings. The van der Waals surface area contributed by atoms with Gasteiger partial charge in [0.15, 0.2) is 0 Å². The van der Waals surface area contributed by atoms with Crippen molar-refractivity contribution < 1.29 is 13.2 Å². The van der Waals surface area contributed by atoms with Crippen molar-refractivity contribution in [1.82, 2.24) is 4.98 Å². The van der Waals surface area contributed by atoms with Crippen LogP contribution in [0.3, 0.4) is 0 Å². The average molecular weight is 231 g/mol. The zero-order chi connectivity index (χ0) is 11.9. The van der Waals surface area contributed by atoms with E-state index in [-0.39, 0.29) is 11.7 Å². The monoisotopic (exact) mass is 231 g/mol. The number of rotatable bonds is 2. The Morgan fingerprint density at radius 3 is 2.62 bits per heavy atom. The minimum atomic E-state index is -4.43. The van der Waals surface area contributed by atoms with E-state index in [9.17, 15) is 13.2 Å². The lowest BCUT2D eigenvalue weighted by atomic mass is 10.2. The predicted octanol–water partition coefficient (Wildman–Crippen LogP) is 2.50. The number of halogens is 3. The second-order valence-corrected chi connectivity index (χ2v) is 4.12. The van der Waals surface area contributed by atoms with Crippen molar-refractivity contribution in [2.24, 2.45) is 5.92 Å². The molecule has 88 valence electrons. The number of aromatic nitrogens is 1. The number of anilines is 2. The highest BCUT2D eigenvalue weighted by Crippen LogP contribution is 2.36. The number of nitrogen functional groups attached to an aromatic ring is 1. The van der Waals surface area contributed by atoms with Gasteiger partial charge in [-0.15, -0.1) is 0 Å². The maximum atomic E-state index is 12.4. The van der Waals surface area contributed by atoms with Crippen LogP contribution in [-0.4, -0.2) is 11.0 Å². The van der Waals surface area contributed by atoms with Crippen molar-refractivity contribution in [1.29, 1.82) is 0 Å². The summed E-state index contributed by atoms with van der Waals surface area (Å²) in [6, 6.07) is 1.19. The third kappa shape index (κ3) is 2.20. The Bertz CT molecular complexity index is 403. The normalized spacial score (nSPS) is 24.2. The van der Waals surface area contributed by atoms with Gasteiger partial charge in [-0.25, -0.2) is 4.98 Å². The molecule has 2 atom stereocenters. The van der Waals surface area contributed by atoms with Crippen LogP contribution >= 0.6 is 0 Å². The van der Waals surface area contributed by atoms with E-state index in [0.717, 1.165) is 18.7 Å². The molecule has 0 radical (unpaired) electrons. The van der Waals surface area contributed by atoms with E-state index in [1.807, 2.05) is 6.92 Å². The minimum absolute atomic E-state index is 0.228. The summed E-state index contributed by atoms with van der Waals surface area (Å²) < 4.78 is 37.2. The molecule has 0 aliphatic heterocycles. The number of pyridine rings is 1. The fraction of sp³-hybridized carbons (Fsp3) is 0.500. The summed E-state index contributed by atoms with van der Waals surface area (Å²) >= 11 is 0. The van der Waals surface area contributed by atoms with Crippen LogP contribution in [0.15, 0.2) is 12.3 Å². The Labute approximate surface area is 90.9 Å². The number of nitrogens with two attached hydrogens (primary N) is 1. The van der Waals surface area contributed by atoms with Crippen LogP contribution in [-0.2, 0) is 6.18 Å². The Morgan fingerprint density at radius 1 is 1.50 bits per heavy atom. The van der Waals surface area contributed by atoms with Gasteiger partial charge in [0, 0.05) is 6.04 Å². The molecular weight excluding hydrogens is 219 g/mol. The van der Waals surface area contributed by atoms with Crippen LogP contribution in [0, 0.1) is 5.92 Å². The average Bonchev–Trinajstić information content (AvgIpc) is 2.84. The molecule has 0 amide bonds. The SMILES string of the molecule is CC1CC1Nc1cc(C(F)(F)F)ncc1N. The Balaban J connectivity index is 2.22. The van der Waals surface area contributed by atoms with E-state index in [2.05, 4.69) is 10.3 Å². The lowest BCUT2D eigenvalue weighted by Crippen LogP contribution is -2.12. The maximum absolute atomic E-state index is 12.4. The third-order valence-electron chi connectivity index (χ3n) is 2.68. The molecule has 1 heterocycles. The van der Waals surface area contributed by atoms with Crippen LogP contribution in [0.4, 0.5) is 24.5 Å². The molecule has 1 fully saturated rings. The molecule has 3 N–H and O–H groups in total. The molecule has 0 aromatic carbocycles. The molecule has 0 bridgehead atoms. The van der Waals surface area contributed by atoms with Gasteiger partial charge in [-0.05, 0) is 18.4 Å². The third-order valence-corrected chi connectivity index (χ3v) is 2.68. The van der Waals surface area contributed by atoms with Crippen molar-refractivity contribution in [3.05, 3.63) is 18.0 Å². The Hall–Kier alpha value is -1.46. The highest BCUT2D eigenvalue weighted by Gasteiger charge is 2.35. The van der Waals surface area contributed by atoms with Gasteiger partial charge in [-0.3, -0.25) is 0 Å². The first kappa shape index (κ1) is 11.0. The highest BCUT2D eigenvalue weighted by molar-refractivity contribution is 5.66. The van der Waals surface area contributed by atoms with E-state index >= 15 is 0 Å². The van der Waals surface area contributed by atoms with E-state index in [1.54, 1.807) is 0 Å². The van der Waals surface area contributed by atoms with E-state index in [0.29, 0.717) is 11.6 Å². The van der Waals surface area contributed by atoms with Gasteiger partial charge in [-0.2, -0.15) is 13.2 Å². The maximum Gasteiger partial charge on any atom is 0.433 e. The highest BCUT2D eigenvalue weighted by atomic mass is 19.4. The van der Waals surface area contributed by atoms with Gasteiger partial charge in [0.05, 0.1) is 17.6 Å². The number of alkyl halides is 3.